The van der Waals surface area contributed by atoms with Crippen LogP contribution < -0.4 is 0 Å². The van der Waals surface area contributed by atoms with Crippen molar-refractivity contribution in [1.82, 2.24) is 9.47 Å². The summed E-state index contributed by atoms with van der Waals surface area (Å²) < 4.78 is 2.24. The molecule has 1 aromatic rings. The Morgan fingerprint density at radius 2 is 2.35 bits per heavy atom. The number of carbonyl (C=O) groups is 1. The van der Waals surface area contributed by atoms with Crippen molar-refractivity contribution < 1.29 is 4.79 Å². The second kappa shape index (κ2) is 5.09. The molecule has 3 heteroatoms. The second-order valence-corrected chi connectivity index (χ2v) is 4.30. The van der Waals surface area contributed by atoms with Gasteiger partial charge in [0.25, 0.3) is 5.91 Å². The van der Waals surface area contributed by atoms with E-state index in [2.05, 4.69) is 41.7 Å². The molecule has 1 aliphatic rings. The van der Waals surface area contributed by atoms with E-state index in [1.54, 1.807) is 6.92 Å². The zero-order valence-corrected chi connectivity index (χ0v) is 10.4. The largest absolute Gasteiger partial charge is 0.348 e. The fraction of sp³-hybridized carbons (Fsp3) is 0.500. The predicted octanol–water partition coefficient (Wildman–Crippen LogP) is 2.19. The Hall–Kier alpha value is -1.69. The van der Waals surface area contributed by atoms with Crippen molar-refractivity contribution in [1.29, 1.82) is 0 Å². The summed E-state index contributed by atoms with van der Waals surface area (Å²) in [6.45, 7) is 5.49. The van der Waals surface area contributed by atoms with Gasteiger partial charge in [-0.15, -0.1) is 0 Å². The van der Waals surface area contributed by atoms with Crippen molar-refractivity contribution in [2.45, 2.75) is 39.3 Å². The fourth-order valence-corrected chi connectivity index (χ4v) is 2.46. The molecule has 0 radical (unpaired) electrons. The van der Waals surface area contributed by atoms with E-state index in [0.29, 0.717) is 0 Å². The van der Waals surface area contributed by atoms with Crippen molar-refractivity contribution >= 4 is 5.91 Å². The van der Waals surface area contributed by atoms with Crippen LogP contribution in [-0.4, -0.2) is 21.9 Å². The molecule has 0 saturated carbocycles. The van der Waals surface area contributed by atoms with Crippen LogP contribution in [0.2, 0.25) is 0 Å². The van der Waals surface area contributed by atoms with Gasteiger partial charge < -0.3 is 9.47 Å². The Morgan fingerprint density at radius 1 is 1.53 bits per heavy atom. The maximum Gasteiger partial charge on any atom is 0.299 e. The molecule has 0 bridgehead atoms. The number of nitrogens with zero attached hydrogens (tertiary/aromatic N) is 2. The number of fused-ring (bicyclic) bond motifs is 1. The fourth-order valence-electron chi connectivity index (χ4n) is 2.46. The first-order chi connectivity index (χ1) is 8.27. The number of amides is 1. The topological polar surface area (TPSA) is 25.2 Å². The van der Waals surface area contributed by atoms with Gasteiger partial charge in [-0.05, 0) is 31.4 Å². The molecule has 90 valence electrons. The standard InChI is InChI=1S/C14H18N2O/c1-3-6-13-12-8-5-9-15(12)10-11-16(13)14(17)7-4-2/h5,8-9,13H,3,6,10-11H2,1-2H3. The maximum absolute atomic E-state index is 12.0. The number of rotatable bonds is 2. The lowest BCUT2D eigenvalue weighted by Crippen LogP contribution is -2.41. The third-order valence-corrected chi connectivity index (χ3v) is 3.22. The van der Waals surface area contributed by atoms with Crippen molar-refractivity contribution in [3.05, 3.63) is 24.0 Å². The first kappa shape index (κ1) is 11.8. The van der Waals surface area contributed by atoms with Crippen LogP contribution in [0.1, 0.15) is 38.4 Å². The van der Waals surface area contributed by atoms with Gasteiger partial charge in [0.1, 0.15) is 0 Å². The molecule has 1 atom stereocenters. The van der Waals surface area contributed by atoms with Gasteiger partial charge in [-0.2, -0.15) is 0 Å². The highest BCUT2D eigenvalue weighted by atomic mass is 16.2. The number of carbonyl (C=O) groups excluding carboxylic acids is 1. The monoisotopic (exact) mass is 230 g/mol. The molecule has 2 rings (SSSR count). The van der Waals surface area contributed by atoms with E-state index in [0.717, 1.165) is 25.9 Å². The molecule has 0 spiro atoms. The molecule has 1 aromatic heterocycles. The minimum atomic E-state index is -0.0431. The molecule has 17 heavy (non-hydrogen) atoms. The molecular weight excluding hydrogens is 212 g/mol. The average Bonchev–Trinajstić information content (AvgIpc) is 2.78. The van der Waals surface area contributed by atoms with Gasteiger partial charge in [0.15, 0.2) is 0 Å². The van der Waals surface area contributed by atoms with Gasteiger partial charge in [-0.1, -0.05) is 19.3 Å². The van der Waals surface area contributed by atoms with Crippen LogP contribution in [0, 0.1) is 11.8 Å². The summed E-state index contributed by atoms with van der Waals surface area (Å²) in [5.74, 6) is 5.31. The third kappa shape index (κ3) is 2.21. The molecule has 2 heterocycles. The van der Waals surface area contributed by atoms with Crippen LogP contribution in [0.25, 0.3) is 0 Å². The smallest absolute Gasteiger partial charge is 0.299 e. The summed E-state index contributed by atoms with van der Waals surface area (Å²) >= 11 is 0. The highest BCUT2D eigenvalue weighted by Gasteiger charge is 2.29. The quantitative estimate of drug-likeness (QED) is 0.715. The van der Waals surface area contributed by atoms with E-state index in [4.69, 9.17) is 0 Å². The molecule has 1 unspecified atom stereocenters. The van der Waals surface area contributed by atoms with Crippen molar-refractivity contribution in [2.24, 2.45) is 0 Å². The number of hydrogen-bond acceptors (Lipinski definition) is 1. The molecule has 0 aromatic carbocycles. The Kier molecular flexibility index (Phi) is 3.53. The molecule has 0 aliphatic carbocycles. The summed E-state index contributed by atoms with van der Waals surface area (Å²) in [7, 11) is 0. The first-order valence-electron chi connectivity index (χ1n) is 6.16. The Balaban J connectivity index is 2.28. The van der Waals surface area contributed by atoms with E-state index in [9.17, 15) is 4.79 Å². The lowest BCUT2D eigenvalue weighted by Gasteiger charge is -2.35. The summed E-state index contributed by atoms with van der Waals surface area (Å²) in [6.07, 6.45) is 4.16. The normalized spacial score (nSPS) is 18.2. The van der Waals surface area contributed by atoms with Crippen LogP contribution in [0.3, 0.4) is 0 Å². The van der Waals surface area contributed by atoms with Crippen LogP contribution in [0.5, 0.6) is 0 Å². The summed E-state index contributed by atoms with van der Waals surface area (Å²) in [6, 6.07) is 4.36. The zero-order chi connectivity index (χ0) is 12.3. The van der Waals surface area contributed by atoms with E-state index in [-0.39, 0.29) is 11.9 Å². The molecule has 1 aliphatic heterocycles. The van der Waals surface area contributed by atoms with Gasteiger partial charge in [0.05, 0.1) is 6.04 Å². The van der Waals surface area contributed by atoms with Crippen LogP contribution in [0.4, 0.5) is 0 Å². The zero-order valence-electron chi connectivity index (χ0n) is 10.4. The van der Waals surface area contributed by atoms with Gasteiger partial charge in [0.2, 0.25) is 0 Å². The molecular formula is C14H18N2O. The van der Waals surface area contributed by atoms with Crippen molar-refractivity contribution in [3.63, 3.8) is 0 Å². The van der Waals surface area contributed by atoms with Crippen LogP contribution >= 0.6 is 0 Å². The van der Waals surface area contributed by atoms with Gasteiger partial charge in [-0.3, -0.25) is 4.79 Å². The Bertz CT molecular complexity index is 464. The Morgan fingerprint density at radius 3 is 3.06 bits per heavy atom. The van der Waals surface area contributed by atoms with E-state index < -0.39 is 0 Å². The van der Waals surface area contributed by atoms with Crippen molar-refractivity contribution in [2.75, 3.05) is 6.54 Å². The van der Waals surface area contributed by atoms with Gasteiger partial charge in [0, 0.05) is 25.0 Å². The third-order valence-electron chi connectivity index (χ3n) is 3.22. The predicted molar refractivity (Wildman–Crippen MR) is 67.2 cm³/mol. The number of hydrogen-bond donors (Lipinski definition) is 0. The van der Waals surface area contributed by atoms with E-state index in [1.165, 1.54) is 5.69 Å². The van der Waals surface area contributed by atoms with Crippen molar-refractivity contribution in [3.8, 4) is 11.8 Å². The summed E-state index contributed by atoms with van der Waals surface area (Å²) in [5, 5.41) is 0. The van der Waals surface area contributed by atoms with Gasteiger partial charge in [-0.25, -0.2) is 0 Å². The Labute approximate surface area is 102 Å². The average molecular weight is 230 g/mol. The van der Waals surface area contributed by atoms with Crippen LogP contribution in [0.15, 0.2) is 18.3 Å². The van der Waals surface area contributed by atoms with Gasteiger partial charge >= 0.3 is 0 Å². The summed E-state index contributed by atoms with van der Waals surface area (Å²) in [5.41, 5.74) is 1.24. The molecule has 0 saturated heterocycles. The molecule has 0 fully saturated rings. The lowest BCUT2D eigenvalue weighted by molar-refractivity contribution is -0.128. The molecule has 3 nitrogen and oxygen atoms in total. The lowest BCUT2D eigenvalue weighted by atomic mass is 10.0. The van der Waals surface area contributed by atoms with E-state index in [1.807, 2.05) is 4.90 Å². The summed E-state index contributed by atoms with van der Waals surface area (Å²) in [4.78, 5) is 13.9. The SMILES string of the molecule is CC#CC(=O)N1CCn2cccc2C1CCC. The minimum absolute atomic E-state index is 0.0431. The number of aromatic nitrogens is 1. The highest BCUT2D eigenvalue weighted by molar-refractivity contribution is 5.93. The minimum Gasteiger partial charge on any atom is -0.348 e. The maximum atomic E-state index is 12.0. The molecule has 1 amide bonds. The second-order valence-electron chi connectivity index (χ2n) is 4.30. The highest BCUT2D eigenvalue weighted by Crippen LogP contribution is 2.29. The molecule has 0 N–H and O–H groups in total. The first-order valence-corrected chi connectivity index (χ1v) is 6.16. The van der Waals surface area contributed by atoms with E-state index >= 15 is 0 Å². The van der Waals surface area contributed by atoms with Crippen LogP contribution in [-0.2, 0) is 11.3 Å².